The van der Waals surface area contributed by atoms with Crippen LogP contribution < -0.4 is 0 Å². The van der Waals surface area contributed by atoms with E-state index in [0.717, 1.165) is 19.4 Å². The smallest absolute Gasteiger partial charge is 0.223 e. The summed E-state index contributed by atoms with van der Waals surface area (Å²) in [6.45, 7) is 0.885. The summed E-state index contributed by atoms with van der Waals surface area (Å²) in [5.74, 6) is 0.291. The van der Waals surface area contributed by atoms with Crippen molar-refractivity contribution in [2.45, 2.75) is 29.5 Å². The molecule has 0 radical (unpaired) electrons. The quantitative estimate of drug-likeness (QED) is 0.778. The molecule has 1 fully saturated rings. The largest absolute Gasteiger partial charge is 0.330 e. The average Bonchev–Trinajstić information content (AvgIpc) is 2.95. The number of benzene rings is 2. The van der Waals surface area contributed by atoms with Gasteiger partial charge < -0.3 is 4.90 Å². The highest BCUT2D eigenvalue weighted by molar-refractivity contribution is 7.99. The first-order valence-electron chi connectivity index (χ1n) is 7.38. The third-order valence-electron chi connectivity index (χ3n) is 3.73. The summed E-state index contributed by atoms with van der Waals surface area (Å²) < 4.78 is 0. The zero-order chi connectivity index (χ0) is 14.5. The van der Waals surface area contributed by atoms with Crippen molar-refractivity contribution in [3.63, 3.8) is 0 Å². The maximum atomic E-state index is 12.1. The zero-order valence-corrected chi connectivity index (χ0v) is 12.8. The van der Waals surface area contributed by atoms with E-state index in [9.17, 15) is 4.79 Å². The Morgan fingerprint density at radius 3 is 2.29 bits per heavy atom. The lowest BCUT2D eigenvalue weighted by Crippen LogP contribution is -2.35. The number of rotatable bonds is 5. The van der Waals surface area contributed by atoms with Crippen molar-refractivity contribution in [3.8, 4) is 0 Å². The summed E-state index contributed by atoms with van der Waals surface area (Å²) in [6.07, 6.45) is 2.58. The second-order valence-electron chi connectivity index (χ2n) is 5.27. The van der Waals surface area contributed by atoms with Crippen LogP contribution in [0.2, 0.25) is 0 Å². The van der Waals surface area contributed by atoms with E-state index in [-0.39, 0.29) is 5.37 Å². The molecule has 1 aliphatic heterocycles. The molecule has 1 amide bonds. The van der Waals surface area contributed by atoms with Gasteiger partial charge in [-0.15, -0.1) is 11.8 Å². The zero-order valence-electron chi connectivity index (χ0n) is 11.9. The molecule has 1 heterocycles. The predicted molar refractivity (Wildman–Crippen MR) is 87.2 cm³/mol. The number of hydrogen-bond donors (Lipinski definition) is 0. The van der Waals surface area contributed by atoms with Crippen molar-refractivity contribution < 1.29 is 4.79 Å². The fourth-order valence-electron chi connectivity index (χ4n) is 2.66. The van der Waals surface area contributed by atoms with E-state index in [1.807, 2.05) is 29.2 Å². The molecule has 1 atom stereocenters. The number of thioether (sulfide) groups is 1. The summed E-state index contributed by atoms with van der Waals surface area (Å²) in [5, 5.41) is 0.185. The first-order valence-corrected chi connectivity index (χ1v) is 8.26. The summed E-state index contributed by atoms with van der Waals surface area (Å²) in [4.78, 5) is 15.4. The minimum atomic E-state index is 0.185. The number of likely N-dealkylation sites (tertiary alicyclic amines) is 1. The number of nitrogens with zero attached hydrogens (tertiary/aromatic N) is 1. The van der Waals surface area contributed by atoms with Gasteiger partial charge in [0.25, 0.3) is 0 Å². The van der Waals surface area contributed by atoms with Crippen LogP contribution in [0.25, 0.3) is 0 Å². The Kier molecular flexibility index (Phi) is 4.61. The molecule has 2 aromatic carbocycles. The Bertz CT molecular complexity index is 543. The molecule has 0 aliphatic carbocycles. The van der Waals surface area contributed by atoms with Crippen molar-refractivity contribution in [1.82, 2.24) is 4.90 Å². The molecule has 0 N–H and O–H groups in total. The van der Waals surface area contributed by atoms with Crippen LogP contribution in [0.4, 0.5) is 0 Å². The first kappa shape index (κ1) is 14.2. The van der Waals surface area contributed by atoms with Gasteiger partial charge in [-0.1, -0.05) is 48.5 Å². The van der Waals surface area contributed by atoms with Gasteiger partial charge in [0.05, 0.1) is 5.37 Å². The summed E-state index contributed by atoms with van der Waals surface area (Å²) >= 11 is 1.79. The van der Waals surface area contributed by atoms with Crippen LogP contribution >= 0.6 is 11.8 Å². The lowest BCUT2D eigenvalue weighted by molar-refractivity contribution is -0.128. The van der Waals surface area contributed by atoms with Crippen molar-refractivity contribution in [3.05, 3.63) is 66.2 Å². The Morgan fingerprint density at radius 2 is 1.67 bits per heavy atom. The van der Waals surface area contributed by atoms with Crippen molar-refractivity contribution in [2.75, 3.05) is 6.54 Å². The molecule has 1 saturated heterocycles. The van der Waals surface area contributed by atoms with E-state index in [2.05, 4.69) is 36.4 Å². The highest BCUT2D eigenvalue weighted by Crippen LogP contribution is 2.30. The van der Waals surface area contributed by atoms with Crippen LogP contribution in [0.5, 0.6) is 0 Å². The molecule has 0 saturated carbocycles. The highest BCUT2D eigenvalue weighted by Gasteiger charge is 2.28. The van der Waals surface area contributed by atoms with Gasteiger partial charge in [-0.05, 0) is 24.1 Å². The third-order valence-corrected chi connectivity index (χ3v) is 4.96. The van der Waals surface area contributed by atoms with Gasteiger partial charge in [-0.2, -0.15) is 0 Å². The van der Waals surface area contributed by atoms with Gasteiger partial charge in [-0.3, -0.25) is 4.79 Å². The second kappa shape index (κ2) is 6.81. The summed E-state index contributed by atoms with van der Waals surface area (Å²) in [5.41, 5.74) is 1.28. The first-order chi connectivity index (χ1) is 10.3. The number of carbonyl (C=O) groups is 1. The number of hydrogen-bond acceptors (Lipinski definition) is 2. The highest BCUT2D eigenvalue weighted by atomic mass is 32.2. The lowest BCUT2D eigenvalue weighted by Gasteiger charge is -2.27. The molecule has 108 valence electrons. The molecular formula is C18H19NOS. The molecular weight excluding hydrogens is 278 g/mol. The standard InChI is InChI=1S/C18H19NOS/c20-17-12-7-13-19(17)18(14-15-8-3-1-4-9-15)21-16-10-5-2-6-11-16/h1-6,8-11,18H,7,12-14H2. The topological polar surface area (TPSA) is 20.3 Å². The lowest BCUT2D eigenvalue weighted by atomic mass is 10.1. The second-order valence-corrected chi connectivity index (χ2v) is 6.52. The van der Waals surface area contributed by atoms with Gasteiger partial charge in [0, 0.05) is 24.3 Å². The Balaban J connectivity index is 1.79. The summed E-state index contributed by atoms with van der Waals surface area (Å²) in [6, 6.07) is 20.8. The summed E-state index contributed by atoms with van der Waals surface area (Å²) in [7, 11) is 0. The molecule has 0 aromatic heterocycles. The Labute approximate surface area is 130 Å². The van der Waals surface area contributed by atoms with E-state index in [1.54, 1.807) is 11.8 Å². The van der Waals surface area contributed by atoms with Gasteiger partial charge >= 0.3 is 0 Å². The number of carbonyl (C=O) groups excluding carboxylic acids is 1. The van der Waals surface area contributed by atoms with Gasteiger partial charge in [-0.25, -0.2) is 0 Å². The van der Waals surface area contributed by atoms with E-state index < -0.39 is 0 Å². The van der Waals surface area contributed by atoms with Crippen LogP contribution in [0, 0.1) is 0 Å². The predicted octanol–water partition coefficient (Wildman–Crippen LogP) is 3.97. The molecule has 21 heavy (non-hydrogen) atoms. The molecule has 3 rings (SSSR count). The van der Waals surface area contributed by atoms with Crippen molar-refractivity contribution in [2.24, 2.45) is 0 Å². The van der Waals surface area contributed by atoms with E-state index >= 15 is 0 Å². The molecule has 2 aromatic rings. The molecule has 1 unspecified atom stereocenters. The van der Waals surface area contributed by atoms with Crippen LogP contribution in [0.15, 0.2) is 65.6 Å². The molecule has 0 bridgehead atoms. The van der Waals surface area contributed by atoms with Gasteiger partial charge in [0.15, 0.2) is 0 Å². The normalized spacial score (nSPS) is 16.2. The molecule has 2 nitrogen and oxygen atoms in total. The van der Waals surface area contributed by atoms with E-state index in [0.29, 0.717) is 12.3 Å². The fourth-order valence-corrected chi connectivity index (χ4v) is 3.92. The maximum Gasteiger partial charge on any atom is 0.223 e. The van der Waals surface area contributed by atoms with Crippen LogP contribution in [0.1, 0.15) is 18.4 Å². The third kappa shape index (κ3) is 3.67. The van der Waals surface area contributed by atoms with Crippen LogP contribution in [-0.4, -0.2) is 22.7 Å². The van der Waals surface area contributed by atoms with E-state index in [1.165, 1.54) is 10.5 Å². The van der Waals surface area contributed by atoms with Gasteiger partial charge in [0.2, 0.25) is 5.91 Å². The SMILES string of the molecule is O=C1CCCN1C(Cc1ccccc1)Sc1ccccc1. The van der Waals surface area contributed by atoms with Crippen LogP contribution in [-0.2, 0) is 11.2 Å². The molecule has 1 aliphatic rings. The minimum absolute atomic E-state index is 0.185. The van der Waals surface area contributed by atoms with Crippen LogP contribution in [0.3, 0.4) is 0 Å². The van der Waals surface area contributed by atoms with E-state index in [4.69, 9.17) is 0 Å². The average molecular weight is 297 g/mol. The minimum Gasteiger partial charge on any atom is -0.330 e. The van der Waals surface area contributed by atoms with Crippen molar-refractivity contribution in [1.29, 1.82) is 0 Å². The number of amides is 1. The molecule has 0 spiro atoms. The fraction of sp³-hybridized carbons (Fsp3) is 0.278. The van der Waals surface area contributed by atoms with Crippen molar-refractivity contribution >= 4 is 17.7 Å². The monoisotopic (exact) mass is 297 g/mol. The Morgan fingerprint density at radius 1 is 1.00 bits per heavy atom. The van der Waals surface area contributed by atoms with Gasteiger partial charge in [0.1, 0.15) is 0 Å². The maximum absolute atomic E-state index is 12.1. The Hall–Kier alpha value is -1.74. The molecule has 3 heteroatoms.